The molecule has 0 radical (unpaired) electrons. The number of anilines is 1. The van der Waals surface area contributed by atoms with E-state index < -0.39 is 0 Å². The molecule has 0 N–H and O–H groups in total. The van der Waals surface area contributed by atoms with Gasteiger partial charge in [-0.2, -0.15) is 0 Å². The second kappa shape index (κ2) is 9.57. The van der Waals surface area contributed by atoms with Crippen molar-refractivity contribution >= 4 is 23.1 Å². The average molecular weight is 450 g/mol. The van der Waals surface area contributed by atoms with Crippen LogP contribution < -0.4 is 14.4 Å². The summed E-state index contributed by atoms with van der Waals surface area (Å²) in [6.07, 6.45) is 0.713. The molecular formula is C26H31N3O4. The van der Waals surface area contributed by atoms with Crippen molar-refractivity contribution in [3.8, 4) is 11.5 Å². The number of rotatable bonds is 7. The van der Waals surface area contributed by atoms with Gasteiger partial charge in [0.25, 0.3) is 11.8 Å². The van der Waals surface area contributed by atoms with Gasteiger partial charge in [0.1, 0.15) is 5.70 Å². The Morgan fingerprint density at radius 1 is 0.848 bits per heavy atom. The van der Waals surface area contributed by atoms with E-state index >= 15 is 0 Å². The quantitative estimate of drug-likeness (QED) is 0.605. The third kappa shape index (κ3) is 4.27. The summed E-state index contributed by atoms with van der Waals surface area (Å²) >= 11 is 0. The Balaban J connectivity index is 1.67. The van der Waals surface area contributed by atoms with Gasteiger partial charge in [-0.25, -0.2) is 0 Å². The van der Waals surface area contributed by atoms with Crippen LogP contribution in [0.1, 0.15) is 24.5 Å². The first-order valence-electron chi connectivity index (χ1n) is 11.4. The molecule has 0 aromatic heterocycles. The van der Waals surface area contributed by atoms with Gasteiger partial charge in [0.15, 0.2) is 11.5 Å². The molecule has 2 aliphatic rings. The monoisotopic (exact) mass is 449 g/mol. The summed E-state index contributed by atoms with van der Waals surface area (Å²) in [7, 11) is 3.13. The molecule has 7 nitrogen and oxygen atoms in total. The highest BCUT2D eigenvalue weighted by Gasteiger charge is 2.42. The first-order chi connectivity index (χ1) is 16.0. The largest absolute Gasteiger partial charge is 0.493 e. The van der Waals surface area contributed by atoms with E-state index in [1.54, 1.807) is 26.4 Å². The molecule has 0 saturated carbocycles. The van der Waals surface area contributed by atoms with Crippen LogP contribution in [0.5, 0.6) is 11.5 Å². The number of nitrogens with zero attached hydrogens (tertiary/aromatic N) is 3. The van der Waals surface area contributed by atoms with E-state index in [1.807, 2.05) is 13.0 Å². The van der Waals surface area contributed by atoms with Crippen LogP contribution in [0, 0.1) is 6.92 Å². The van der Waals surface area contributed by atoms with Crippen molar-refractivity contribution in [1.82, 2.24) is 9.80 Å². The zero-order valence-corrected chi connectivity index (χ0v) is 19.8. The van der Waals surface area contributed by atoms with Crippen LogP contribution in [0.3, 0.4) is 0 Å². The van der Waals surface area contributed by atoms with Crippen molar-refractivity contribution < 1.29 is 19.1 Å². The number of benzene rings is 2. The number of imide groups is 1. The van der Waals surface area contributed by atoms with E-state index in [0.717, 1.165) is 13.1 Å². The molecule has 1 fully saturated rings. The first-order valence-corrected chi connectivity index (χ1v) is 11.4. The number of aryl methyl sites for hydroxylation is 1. The SMILES string of the molecule is CCCN1C(=O)C(c2ccc(OC)c(OC)c2)=C(N2CCN(c3cccc(C)c3)CC2)C1=O. The molecule has 2 aromatic rings. The Bertz CT molecular complexity index is 1090. The molecule has 2 heterocycles. The van der Waals surface area contributed by atoms with Crippen LogP contribution >= 0.6 is 0 Å². The second-order valence-corrected chi connectivity index (χ2v) is 8.37. The van der Waals surface area contributed by atoms with E-state index in [0.29, 0.717) is 54.4 Å². The number of ether oxygens (including phenoxy) is 2. The minimum Gasteiger partial charge on any atom is -0.493 e. The highest BCUT2D eigenvalue weighted by molar-refractivity contribution is 6.35. The Labute approximate surface area is 195 Å². The minimum atomic E-state index is -0.245. The van der Waals surface area contributed by atoms with Crippen molar-refractivity contribution in [2.45, 2.75) is 20.3 Å². The number of amides is 2. The maximum absolute atomic E-state index is 13.4. The summed E-state index contributed by atoms with van der Waals surface area (Å²) in [6, 6.07) is 13.8. The number of carbonyl (C=O) groups excluding carboxylic acids is 2. The molecule has 33 heavy (non-hydrogen) atoms. The smallest absolute Gasteiger partial charge is 0.277 e. The topological polar surface area (TPSA) is 62.3 Å². The summed E-state index contributed by atoms with van der Waals surface area (Å²) in [4.78, 5) is 32.5. The lowest BCUT2D eigenvalue weighted by Gasteiger charge is -2.37. The van der Waals surface area contributed by atoms with E-state index in [1.165, 1.54) is 16.2 Å². The molecule has 0 spiro atoms. The van der Waals surface area contributed by atoms with Crippen LogP contribution in [0.25, 0.3) is 5.57 Å². The van der Waals surface area contributed by atoms with Crippen LogP contribution in [-0.4, -0.2) is 68.6 Å². The molecule has 2 aliphatic heterocycles. The lowest BCUT2D eigenvalue weighted by atomic mass is 10.0. The number of hydrogen-bond acceptors (Lipinski definition) is 6. The first kappa shape index (κ1) is 22.7. The summed E-state index contributed by atoms with van der Waals surface area (Å²) < 4.78 is 10.8. The fraction of sp³-hybridized carbons (Fsp3) is 0.385. The lowest BCUT2D eigenvalue weighted by molar-refractivity contribution is -0.137. The molecule has 4 rings (SSSR count). The van der Waals surface area contributed by atoms with E-state index in [2.05, 4.69) is 41.0 Å². The predicted octanol–water partition coefficient (Wildman–Crippen LogP) is 3.32. The van der Waals surface area contributed by atoms with E-state index in [4.69, 9.17) is 9.47 Å². The molecule has 1 saturated heterocycles. The fourth-order valence-corrected chi connectivity index (χ4v) is 4.55. The van der Waals surface area contributed by atoms with Gasteiger partial charge >= 0.3 is 0 Å². The highest BCUT2D eigenvalue weighted by atomic mass is 16.5. The normalized spacial score (nSPS) is 16.7. The Kier molecular flexibility index (Phi) is 6.58. The summed E-state index contributed by atoms with van der Waals surface area (Å²) in [5.41, 5.74) is 4.01. The Morgan fingerprint density at radius 2 is 1.55 bits per heavy atom. The van der Waals surface area contributed by atoms with Crippen LogP contribution in [0.2, 0.25) is 0 Å². The minimum absolute atomic E-state index is 0.212. The summed E-state index contributed by atoms with van der Waals surface area (Å²) in [5, 5.41) is 0. The van der Waals surface area contributed by atoms with Gasteiger partial charge in [-0.05, 0) is 48.7 Å². The van der Waals surface area contributed by atoms with Crippen molar-refractivity contribution in [2.24, 2.45) is 0 Å². The molecule has 174 valence electrons. The maximum Gasteiger partial charge on any atom is 0.277 e. The fourth-order valence-electron chi connectivity index (χ4n) is 4.55. The van der Waals surface area contributed by atoms with Gasteiger partial charge < -0.3 is 19.3 Å². The van der Waals surface area contributed by atoms with Crippen LogP contribution in [0.4, 0.5) is 5.69 Å². The lowest BCUT2D eigenvalue weighted by Crippen LogP contribution is -2.47. The Hall–Kier alpha value is -3.48. The summed E-state index contributed by atoms with van der Waals surface area (Å²) in [5.74, 6) is 0.651. The van der Waals surface area contributed by atoms with Gasteiger partial charge in [-0.3, -0.25) is 14.5 Å². The van der Waals surface area contributed by atoms with Crippen LogP contribution in [0.15, 0.2) is 48.2 Å². The zero-order chi connectivity index (χ0) is 23.5. The van der Waals surface area contributed by atoms with E-state index in [-0.39, 0.29) is 11.8 Å². The average Bonchev–Trinajstić information content (AvgIpc) is 3.08. The molecular weight excluding hydrogens is 418 g/mol. The maximum atomic E-state index is 13.4. The van der Waals surface area contributed by atoms with Crippen molar-refractivity contribution in [3.63, 3.8) is 0 Å². The molecule has 7 heteroatoms. The number of piperazine rings is 1. The third-order valence-electron chi connectivity index (χ3n) is 6.23. The highest BCUT2D eigenvalue weighted by Crippen LogP contribution is 2.37. The molecule has 0 unspecified atom stereocenters. The zero-order valence-electron chi connectivity index (χ0n) is 19.8. The number of hydrogen-bond donors (Lipinski definition) is 0. The van der Waals surface area contributed by atoms with Crippen molar-refractivity contribution in [3.05, 3.63) is 59.3 Å². The Morgan fingerprint density at radius 3 is 2.18 bits per heavy atom. The van der Waals surface area contributed by atoms with Gasteiger partial charge in [0, 0.05) is 38.4 Å². The van der Waals surface area contributed by atoms with Crippen LogP contribution in [-0.2, 0) is 9.59 Å². The van der Waals surface area contributed by atoms with Crippen molar-refractivity contribution in [1.29, 1.82) is 0 Å². The second-order valence-electron chi connectivity index (χ2n) is 8.37. The van der Waals surface area contributed by atoms with Gasteiger partial charge in [-0.15, -0.1) is 0 Å². The number of methoxy groups -OCH3 is 2. The van der Waals surface area contributed by atoms with Gasteiger partial charge in [-0.1, -0.05) is 25.1 Å². The van der Waals surface area contributed by atoms with E-state index in [9.17, 15) is 9.59 Å². The number of carbonyl (C=O) groups is 2. The summed E-state index contributed by atoms with van der Waals surface area (Å²) in [6.45, 7) is 7.35. The molecule has 0 atom stereocenters. The molecule has 2 amide bonds. The van der Waals surface area contributed by atoms with Crippen molar-refractivity contribution in [2.75, 3.05) is 51.8 Å². The predicted molar refractivity (Wildman–Crippen MR) is 128 cm³/mol. The third-order valence-corrected chi connectivity index (χ3v) is 6.23. The molecule has 0 aliphatic carbocycles. The molecule has 2 aromatic carbocycles. The van der Waals surface area contributed by atoms with Gasteiger partial charge in [0.2, 0.25) is 0 Å². The van der Waals surface area contributed by atoms with Gasteiger partial charge in [0.05, 0.1) is 19.8 Å². The standard InChI is InChI=1S/C26H31N3O4/c1-5-11-29-25(30)23(19-9-10-21(32-3)22(17-19)33-4)24(26(29)31)28-14-12-27(13-15-28)20-8-6-7-18(2)16-20/h6-10,16-17H,5,11-15H2,1-4H3. The molecule has 0 bridgehead atoms.